The maximum atomic E-state index is 2.30. The highest BCUT2D eigenvalue weighted by Crippen LogP contribution is 2.09. The third-order valence-electron chi connectivity index (χ3n) is 3.00. The molecule has 0 radical (unpaired) electrons. The van der Waals surface area contributed by atoms with E-state index in [1.54, 1.807) is 21.5 Å². The Morgan fingerprint density at radius 2 is 1.21 bits per heavy atom. The number of benzene rings is 2. The predicted octanol–water partition coefficient (Wildman–Crippen LogP) is 0.710. The van der Waals surface area contributed by atoms with Crippen LogP contribution in [-0.4, -0.2) is 9.52 Å². The average Bonchev–Trinajstić information content (AvgIpc) is 2.26. The molecule has 3 rings (SSSR count). The minimum Gasteiger partial charge on any atom is -0.0630 e. The summed E-state index contributed by atoms with van der Waals surface area (Å²) < 4.78 is 0. The van der Waals surface area contributed by atoms with Crippen LogP contribution in [0.3, 0.4) is 0 Å². The SMILES string of the molecule is c1ccc2c(c1)Cc1ccccc1[SiH2]2. The Bertz CT molecular complexity index is 387. The second kappa shape index (κ2) is 3.10. The van der Waals surface area contributed by atoms with Gasteiger partial charge in [0.2, 0.25) is 0 Å². The van der Waals surface area contributed by atoms with Gasteiger partial charge in [0.05, 0.1) is 9.52 Å². The molecule has 0 nitrogen and oxygen atoms in total. The Kier molecular flexibility index (Phi) is 1.77. The lowest BCUT2D eigenvalue weighted by Gasteiger charge is -2.18. The first-order valence-electron chi connectivity index (χ1n) is 5.07. The third-order valence-corrected chi connectivity index (χ3v) is 5.14. The molecule has 1 heterocycles. The molecule has 2 aromatic rings. The minimum atomic E-state index is -0.195. The van der Waals surface area contributed by atoms with E-state index in [4.69, 9.17) is 0 Å². The summed E-state index contributed by atoms with van der Waals surface area (Å²) in [7, 11) is -0.195. The van der Waals surface area contributed by atoms with Crippen molar-refractivity contribution in [2.45, 2.75) is 6.42 Å². The van der Waals surface area contributed by atoms with Crippen LogP contribution < -0.4 is 10.4 Å². The van der Waals surface area contributed by atoms with Crippen LogP contribution in [0.15, 0.2) is 48.5 Å². The van der Waals surface area contributed by atoms with Crippen LogP contribution in [-0.2, 0) is 6.42 Å². The van der Waals surface area contributed by atoms with Crippen LogP contribution in [0.4, 0.5) is 0 Å². The smallest absolute Gasteiger partial charge is 0.0630 e. The summed E-state index contributed by atoms with van der Waals surface area (Å²) in [5, 5.41) is 3.26. The summed E-state index contributed by atoms with van der Waals surface area (Å²) in [6.45, 7) is 0. The van der Waals surface area contributed by atoms with Gasteiger partial charge in [-0.05, 0) is 17.5 Å². The quantitative estimate of drug-likeness (QED) is 0.465. The molecule has 1 heteroatoms. The molecule has 0 amide bonds. The van der Waals surface area contributed by atoms with Crippen molar-refractivity contribution in [1.82, 2.24) is 0 Å². The Hall–Kier alpha value is -1.34. The van der Waals surface area contributed by atoms with Gasteiger partial charge in [-0.2, -0.15) is 0 Å². The molecule has 0 saturated carbocycles. The van der Waals surface area contributed by atoms with Crippen molar-refractivity contribution < 1.29 is 0 Å². The largest absolute Gasteiger partial charge is 0.0882 e. The number of rotatable bonds is 0. The Morgan fingerprint density at radius 1 is 0.714 bits per heavy atom. The van der Waals surface area contributed by atoms with E-state index in [0.29, 0.717) is 0 Å². The summed E-state index contributed by atoms with van der Waals surface area (Å²) in [4.78, 5) is 0. The zero-order valence-corrected chi connectivity index (χ0v) is 9.45. The Labute approximate surface area is 86.4 Å². The highest BCUT2D eigenvalue weighted by Gasteiger charge is 2.13. The molecule has 0 aliphatic carbocycles. The highest BCUT2D eigenvalue weighted by atomic mass is 28.2. The second-order valence-electron chi connectivity index (χ2n) is 3.89. The first kappa shape index (κ1) is 8.01. The third kappa shape index (κ3) is 1.21. The lowest BCUT2D eigenvalue weighted by molar-refractivity contribution is 1.21. The molecule has 0 unspecified atom stereocenters. The van der Waals surface area contributed by atoms with Gasteiger partial charge in [0.25, 0.3) is 0 Å². The molecule has 1 aliphatic rings. The monoisotopic (exact) mass is 196 g/mol. The van der Waals surface area contributed by atoms with Gasteiger partial charge >= 0.3 is 0 Å². The van der Waals surface area contributed by atoms with Crippen molar-refractivity contribution in [1.29, 1.82) is 0 Å². The molecule has 0 spiro atoms. The molecule has 0 aromatic heterocycles. The van der Waals surface area contributed by atoms with Crippen molar-refractivity contribution in [2.24, 2.45) is 0 Å². The zero-order chi connectivity index (χ0) is 9.38. The van der Waals surface area contributed by atoms with Crippen LogP contribution in [0.25, 0.3) is 0 Å². The Morgan fingerprint density at radius 3 is 1.79 bits per heavy atom. The molecular weight excluding hydrogens is 184 g/mol. The molecule has 0 fully saturated rings. The fraction of sp³-hybridized carbons (Fsp3) is 0.0769. The molecule has 0 N–H and O–H groups in total. The van der Waals surface area contributed by atoms with Crippen molar-refractivity contribution >= 4 is 19.9 Å². The standard InChI is InChI=1S/C13H12Si/c1-3-7-12-10(5-1)9-11-6-2-4-8-13(11)14-12/h1-8H,9,14H2. The van der Waals surface area contributed by atoms with E-state index in [1.165, 1.54) is 0 Å². The molecular formula is C13H12Si. The first-order chi connectivity index (χ1) is 6.93. The van der Waals surface area contributed by atoms with Crippen molar-refractivity contribution in [3.8, 4) is 0 Å². The van der Waals surface area contributed by atoms with Crippen LogP contribution in [0.5, 0.6) is 0 Å². The van der Waals surface area contributed by atoms with Gasteiger partial charge < -0.3 is 0 Å². The van der Waals surface area contributed by atoms with Gasteiger partial charge in [-0.3, -0.25) is 0 Å². The van der Waals surface area contributed by atoms with E-state index in [2.05, 4.69) is 48.5 Å². The van der Waals surface area contributed by atoms with Gasteiger partial charge in [-0.1, -0.05) is 58.9 Å². The highest BCUT2D eigenvalue weighted by molar-refractivity contribution is 6.68. The summed E-state index contributed by atoms with van der Waals surface area (Å²) in [6, 6.07) is 17.8. The predicted molar refractivity (Wildman–Crippen MR) is 63.5 cm³/mol. The maximum Gasteiger partial charge on any atom is 0.0882 e. The topological polar surface area (TPSA) is 0 Å². The van der Waals surface area contributed by atoms with Crippen molar-refractivity contribution in [3.63, 3.8) is 0 Å². The number of hydrogen-bond acceptors (Lipinski definition) is 0. The number of fused-ring (bicyclic) bond motifs is 2. The first-order valence-corrected chi connectivity index (χ1v) is 6.48. The van der Waals surface area contributed by atoms with Crippen molar-refractivity contribution in [2.75, 3.05) is 0 Å². The van der Waals surface area contributed by atoms with E-state index in [-0.39, 0.29) is 9.52 Å². The van der Waals surface area contributed by atoms with E-state index < -0.39 is 0 Å². The molecule has 0 bridgehead atoms. The Balaban J connectivity index is 2.12. The molecule has 0 saturated heterocycles. The summed E-state index contributed by atoms with van der Waals surface area (Å²) in [5.74, 6) is 0. The van der Waals surface area contributed by atoms with E-state index in [1.807, 2.05) is 0 Å². The van der Waals surface area contributed by atoms with E-state index in [9.17, 15) is 0 Å². The molecule has 14 heavy (non-hydrogen) atoms. The van der Waals surface area contributed by atoms with Gasteiger partial charge in [0, 0.05) is 0 Å². The molecule has 68 valence electrons. The fourth-order valence-electron chi connectivity index (χ4n) is 2.22. The lowest BCUT2D eigenvalue weighted by Crippen LogP contribution is -2.36. The van der Waals surface area contributed by atoms with Gasteiger partial charge in [-0.25, -0.2) is 0 Å². The molecule has 2 aromatic carbocycles. The van der Waals surface area contributed by atoms with Crippen LogP contribution in [0, 0.1) is 0 Å². The summed E-state index contributed by atoms with van der Waals surface area (Å²) >= 11 is 0. The minimum absolute atomic E-state index is 0.195. The average molecular weight is 196 g/mol. The molecule has 0 atom stereocenters. The van der Waals surface area contributed by atoms with Gasteiger partial charge in [0.15, 0.2) is 0 Å². The zero-order valence-electron chi connectivity index (χ0n) is 8.03. The fourth-order valence-corrected chi connectivity index (χ4v) is 4.07. The van der Waals surface area contributed by atoms with Crippen LogP contribution in [0.1, 0.15) is 11.1 Å². The lowest BCUT2D eigenvalue weighted by atomic mass is 10.0. The maximum absolute atomic E-state index is 2.30. The van der Waals surface area contributed by atoms with Crippen LogP contribution >= 0.6 is 0 Å². The van der Waals surface area contributed by atoms with Gasteiger partial charge in [-0.15, -0.1) is 0 Å². The summed E-state index contributed by atoms with van der Waals surface area (Å²) in [6.07, 6.45) is 1.14. The summed E-state index contributed by atoms with van der Waals surface area (Å²) in [5.41, 5.74) is 3.11. The van der Waals surface area contributed by atoms with E-state index >= 15 is 0 Å². The normalized spacial score (nSPS) is 13.1. The molecule has 1 aliphatic heterocycles. The number of hydrogen-bond donors (Lipinski definition) is 0. The van der Waals surface area contributed by atoms with Crippen LogP contribution in [0.2, 0.25) is 0 Å². The second-order valence-corrected chi connectivity index (χ2v) is 5.77. The van der Waals surface area contributed by atoms with E-state index in [0.717, 1.165) is 6.42 Å². The van der Waals surface area contributed by atoms with Gasteiger partial charge in [0.1, 0.15) is 0 Å². The van der Waals surface area contributed by atoms with Crippen molar-refractivity contribution in [3.05, 3.63) is 59.7 Å².